The van der Waals surface area contributed by atoms with E-state index in [0.29, 0.717) is 0 Å². The van der Waals surface area contributed by atoms with Crippen LogP contribution in [0, 0.1) is 17.4 Å². The lowest BCUT2D eigenvalue weighted by atomic mass is 10.0. The third kappa shape index (κ3) is 2.40. The molecule has 0 saturated heterocycles. The Morgan fingerprint density at radius 3 is 1.93 bits per heavy atom. The molecule has 0 spiro atoms. The largest absolute Gasteiger partial charge is 0.0584 e. The fraction of sp³-hybridized carbons (Fsp3) is 0.143. The van der Waals surface area contributed by atoms with Gasteiger partial charge in [-0.2, -0.15) is 0 Å². The van der Waals surface area contributed by atoms with E-state index in [1.807, 2.05) is 0 Å². The molecule has 1 heteroatoms. The SMILES string of the molecule is Cc1ccc(-c2ccc(I)cc2)cc1C. The van der Waals surface area contributed by atoms with Crippen LogP contribution in [0.5, 0.6) is 0 Å². The maximum Gasteiger partial charge on any atom is 0.0130 e. The van der Waals surface area contributed by atoms with E-state index < -0.39 is 0 Å². The first kappa shape index (κ1) is 10.7. The van der Waals surface area contributed by atoms with Crippen molar-refractivity contribution in [3.63, 3.8) is 0 Å². The van der Waals surface area contributed by atoms with E-state index >= 15 is 0 Å². The van der Waals surface area contributed by atoms with E-state index in [1.165, 1.54) is 25.8 Å². The van der Waals surface area contributed by atoms with E-state index in [4.69, 9.17) is 0 Å². The Hall–Kier alpha value is -0.830. The lowest BCUT2D eigenvalue weighted by molar-refractivity contribution is 1.34. The summed E-state index contributed by atoms with van der Waals surface area (Å²) in [6, 6.07) is 15.2. The molecule has 2 rings (SSSR count). The van der Waals surface area contributed by atoms with E-state index in [2.05, 4.69) is 78.9 Å². The third-order valence-electron chi connectivity index (χ3n) is 2.68. The van der Waals surface area contributed by atoms with Crippen LogP contribution in [0.1, 0.15) is 11.1 Å². The highest BCUT2D eigenvalue weighted by Crippen LogP contribution is 2.22. The molecular formula is C14H13I. The van der Waals surface area contributed by atoms with E-state index in [0.717, 1.165) is 0 Å². The Balaban J connectivity index is 2.45. The molecular weight excluding hydrogens is 295 g/mol. The van der Waals surface area contributed by atoms with Crippen LogP contribution < -0.4 is 0 Å². The number of hydrogen-bond acceptors (Lipinski definition) is 0. The van der Waals surface area contributed by atoms with Gasteiger partial charge in [-0.15, -0.1) is 0 Å². The predicted octanol–water partition coefficient (Wildman–Crippen LogP) is 4.58. The first-order valence-electron chi connectivity index (χ1n) is 5.00. The molecule has 0 nitrogen and oxygen atoms in total. The number of halogens is 1. The van der Waals surface area contributed by atoms with Crippen molar-refractivity contribution < 1.29 is 0 Å². The van der Waals surface area contributed by atoms with Gasteiger partial charge in [-0.05, 0) is 70.8 Å². The Morgan fingerprint density at radius 1 is 0.733 bits per heavy atom. The summed E-state index contributed by atoms with van der Waals surface area (Å²) in [5.41, 5.74) is 5.29. The van der Waals surface area contributed by atoms with Crippen molar-refractivity contribution in [2.75, 3.05) is 0 Å². The van der Waals surface area contributed by atoms with Crippen molar-refractivity contribution in [3.05, 3.63) is 57.2 Å². The van der Waals surface area contributed by atoms with Crippen LogP contribution in [0.25, 0.3) is 11.1 Å². The molecule has 0 aliphatic heterocycles. The summed E-state index contributed by atoms with van der Waals surface area (Å²) < 4.78 is 1.28. The molecule has 76 valence electrons. The van der Waals surface area contributed by atoms with Crippen LogP contribution in [-0.2, 0) is 0 Å². The lowest BCUT2D eigenvalue weighted by Gasteiger charge is -2.05. The molecule has 2 aromatic rings. The predicted molar refractivity (Wildman–Crippen MR) is 74.1 cm³/mol. The van der Waals surface area contributed by atoms with Gasteiger partial charge in [0.05, 0.1) is 0 Å². The van der Waals surface area contributed by atoms with Crippen LogP contribution in [0.3, 0.4) is 0 Å². The zero-order valence-corrected chi connectivity index (χ0v) is 11.1. The third-order valence-corrected chi connectivity index (χ3v) is 3.40. The second-order valence-corrected chi connectivity index (χ2v) is 5.05. The molecule has 2 aromatic carbocycles. The number of hydrogen-bond donors (Lipinski definition) is 0. The molecule has 0 radical (unpaired) electrons. The summed E-state index contributed by atoms with van der Waals surface area (Å²) in [5.74, 6) is 0. The zero-order chi connectivity index (χ0) is 10.8. The lowest BCUT2D eigenvalue weighted by Crippen LogP contribution is -1.83. The highest BCUT2D eigenvalue weighted by molar-refractivity contribution is 14.1. The highest BCUT2D eigenvalue weighted by atomic mass is 127. The molecule has 0 bridgehead atoms. The van der Waals surface area contributed by atoms with Crippen molar-refractivity contribution in [1.29, 1.82) is 0 Å². The fourth-order valence-corrected chi connectivity index (χ4v) is 1.92. The van der Waals surface area contributed by atoms with Gasteiger partial charge in [0.1, 0.15) is 0 Å². The van der Waals surface area contributed by atoms with Crippen LogP contribution in [0.4, 0.5) is 0 Å². The van der Waals surface area contributed by atoms with Gasteiger partial charge in [-0.1, -0.05) is 30.3 Å². The van der Waals surface area contributed by atoms with Crippen molar-refractivity contribution in [2.24, 2.45) is 0 Å². The minimum absolute atomic E-state index is 1.28. The summed E-state index contributed by atoms with van der Waals surface area (Å²) in [4.78, 5) is 0. The summed E-state index contributed by atoms with van der Waals surface area (Å²) in [7, 11) is 0. The molecule has 0 amide bonds. The Labute approximate surface area is 104 Å². The van der Waals surface area contributed by atoms with Crippen molar-refractivity contribution in [3.8, 4) is 11.1 Å². The quantitative estimate of drug-likeness (QED) is 0.677. The first-order chi connectivity index (χ1) is 7.16. The van der Waals surface area contributed by atoms with Gasteiger partial charge >= 0.3 is 0 Å². The Kier molecular flexibility index (Phi) is 3.10. The average Bonchev–Trinajstić information content (AvgIpc) is 2.23. The number of benzene rings is 2. The van der Waals surface area contributed by atoms with Crippen molar-refractivity contribution in [1.82, 2.24) is 0 Å². The number of rotatable bonds is 1. The minimum Gasteiger partial charge on any atom is -0.0584 e. The van der Waals surface area contributed by atoms with Crippen molar-refractivity contribution in [2.45, 2.75) is 13.8 Å². The Morgan fingerprint density at radius 2 is 1.33 bits per heavy atom. The molecule has 0 heterocycles. The smallest absolute Gasteiger partial charge is 0.0130 e. The van der Waals surface area contributed by atoms with Gasteiger partial charge in [0.2, 0.25) is 0 Å². The Bertz CT molecular complexity index is 469. The normalized spacial score (nSPS) is 10.3. The topological polar surface area (TPSA) is 0 Å². The molecule has 0 atom stereocenters. The van der Waals surface area contributed by atoms with Crippen molar-refractivity contribution >= 4 is 22.6 Å². The maximum absolute atomic E-state index is 2.33. The van der Waals surface area contributed by atoms with Gasteiger partial charge in [0.25, 0.3) is 0 Å². The first-order valence-corrected chi connectivity index (χ1v) is 6.08. The molecule has 0 saturated carbocycles. The van der Waals surface area contributed by atoms with E-state index in [-0.39, 0.29) is 0 Å². The summed E-state index contributed by atoms with van der Waals surface area (Å²) in [5, 5.41) is 0. The maximum atomic E-state index is 2.33. The van der Waals surface area contributed by atoms with E-state index in [1.54, 1.807) is 0 Å². The molecule has 0 aliphatic rings. The fourth-order valence-electron chi connectivity index (χ4n) is 1.56. The van der Waals surface area contributed by atoms with Gasteiger partial charge in [0, 0.05) is 3.57 Å². The van der Waals surface area contributed by atoms with Crippen LogP contribution in [0.15, 0.2) is 42.5 Å². The molecule has 0 unspecified atom stereocenters. The van der Waals surface area contributed by atoms with Gasteiger partial charge in [-0.3, -0.25) is 0 Å². The average molecular weight is 308 g/mol. The van der Waals surface area contributed by atoms with Gasteiger partial charge in [0.15, 0.2) is 0 Å². The molecule has 0 aliphatic carbocycles. The monoisotopic (exact) mass is 308 g/mol. The van der Waals surface area contributed by atoms with E-state index in [9.17, 15) is 0 Å². The minimum atomic E-state index is 1.28. The van der Waals surface area contributed by atoms with Crippen LogP contribution in [0.2, 0.25) is 0 Å². The summed E-state index contributed by atoms with van der Waals surface area (Å²) >= 11 is 2.33. The molecule has 15 heavy (non-hydrogen) atoms. The van der Waals surface area contributed by atoms with Gasteiger partial charge in [-0.25, -0.2) is 0 Å². The second kappa shape index (κ2) is 4.35. The van der Waals surface area contributed by atoms with Crippen LogP contribution >= 0.6 is 22.6 Å². The zero-order valence-electron chi connectivity index (χ0n) is 8.92. The van der Waals surface area contributed by atoms with Crippen LogP contribution in [-0.4, -0.2) is 0 Å². The molecule has 0 N–H and O–H groups in total. The van der Waals surface area contributed by atoms with Gasteiger partial charge < -0.3 is 0 Å². The molecule has 0 aromatic heterocycles. The number of aryl methyl sites for hydroxylation is 2. The highest BCUT2D eigenvalue weighted by Gasteiger charge is 1.99. The standard InChI is InChI=1S/C14H13I/c1-10-3-4-13(9-11(10)2)12-5-7-14(15)8-6-12/h3-9H,1-2H3. The molecule has 0 fully saturated rings. The second-order valence-electron chi connectivity index (χ2n) is 3.81. The summed E-state index contributed by atoms with van der Waals surface area (Å²) in [6.45, 7) is 4.30. The summed E-state index contributed by atoms with van der Waals surface area (Å²) in [6.07, 6.45) is 0.